The number of carbonyl (C=O) groups is 7. The fourth-order valence-electron chi connectivity index (χ4n) is 7.65. The van der Waals surface area contributed by atoms with Crippen molar-refractivity contribution in [3.05, 3.63) is 137 Å². The number of fused-ring (bicyclic) bond motifs is 1. The van der Waals surface area contributed by atoms with Crippen LogP contribution in [0.5, 0.6) is 17.2 Å². The Kier molecular flexibility index (Phi) is 19.5. The Balaban J connectivity index is 1.08. The maximum atomic E-state index is 13.8. The highest BCUT2D eigenvalue weighted by Crippen LogP contribution is 2.32. The van der Waals surface area contributed by atoms with Gasteiger partial charge in [0.15, 0.2) is 17.3 Å². The van der Waals surface area contributed by atoms with Crippen LogP contribution in [0, 0.1) is 5.92 Å². The zero-order valence-electron chi connectivity index (χ0n) is 39.8. The van der Waals surface area contributed by atoms with Crippen molar-refractivity contribution in [2.24, 2.45) is 5.92 Å². The molecule has 1 aliphatic heterocycles. The fraction of sp³-hybridized carbons (Fsp3) is 0.340. The number of esters is 2. The number of nitrogens with one attached hydrogen (secondary N) is 3. The van der Waals surface area contributed by atoms with E-state index in [-0.39, 0.29) is 61.3 Å². The minimum absolute atomic E-state index is 0.0311. The Bertz CT molecular complexity index is 2600. The van der Waals surface area contributed by atoms with Gasteiger partial charge in [0.25, 0.3) is 11.8 Å². The Morgan fingerprint density at radius 3 is 2.13 bits per heavy atom. The third kappa shape index (κ3) is 14.9. The van der Waals surface area contributed by atoms with Crippen molar-refractivity contribution in [2.45, 2.75) is 84.6 Å². The number of hydrogen-bond acceptors (Lipinski definition) is 14. The molecule has 1 aromatic heterocycles. The molecule has 0 radical (unpaired) electrons. The molecule has 18 heteroatoms. The smallest absolute Gasteiger partial charge is 0.363 e. The van der Waals surface area contributed by atoms with Crippen molar-refractivity contribution in [2.75, 3.05) is 26.5 Å². The number of hydrogen-bond donors (Lipinski definition) is 3. The standard InChI is InChI=1S/C53H58N4O14/c1-4-7-10-19-39(42(5-2)57(34-58)71-52(63)38-21-23-44-47(29-38)67-27-26-66-44)49(60)54-33-55-51(62)45-25-24-43(70-45)37-20-22-40(46(28-37)65-6-3)50(61)56-41(53(64)69-32-36-17-13-9-14-18-36)30-48(59)68-31-35-15-11-8-12-16-35/h8-9,11-18,20-25,28-29,34,39,41-42H,4-7,10,19,26-27,30-33H2,1-3H3,(H,54,60)(H,55,62)(H,56,61)/t39-,41?,42-/m1/s1. The van der Waals surface area contributed by atoms with Crippen molar-refractivity contribution < 1.29 is 66.5 Å². The summed E-state index contributed by atoms with van der Waals surface area (Å²) in [6, 6.07) is 27.8. The Morgan fingerprint density at radius 2 is 1.45 bits per heavy atom. The van der Waals surface area contributed by atoms with Gasteiger partial charge in [-0.1, -0.05) is 99.8 Å². The summed E-state index contributed by atoms with van der Waals surface area (Å²) in [6.07, 6.45) is 2.85. The lowest BCUT2D eigenvalue weighted by atomic mass is 9.90. The van der Waals surface area contributed by atoms with Gasteiger partial charge in [-0.15, -0.1) is 0 Å². The van der Waals surface area contributed by atoms with Crippen LogP contribution in [0.25, 0.3) is 11.3 Å². The molecule has 1 unspecified atom stereocenters. The van der Waals surface area contributed by atoms with Gasteiger partial charge >= 0.3 is 17.9 Å². The first-order valence-electron chi connectivity index (χ1n) is 23.5. The monoisotopic (exact) mass is 974 g/mol. The van der Waals surface area contributed by atoms with Gasteiger partial charge < -0.3 is 48.9 Å². The molecule has 3 N–H and O–H groups in total. The van der Waals surface area contributed by atoms with E-state index in [4.69, 9.17) is 32.9 Å². The summed E-state index contributed by atoms with van der Waals surface area (Å²) < 4.78 is 33.7. The molecule has 0 aliphatic carbocycles. The predicted molar refractivity (Wildman–Crippen MR) is 257 cm³/mol. The third-order valence-electron chi connectivity index (χ3n) is 11.3. The van der Waals surface area contributed by atoms with Crippen molar-refractivity contribution in [1.82, 2.24) is 21.0 Å². The number of ether oxygens (including phenoxy) is 5. The molecule has 0 spiro atoms. The second-order valence-corrected chi connectivity index (χ2v) is 16.3. The number of nitrogens with zero attached hydrogens (tertiary/aromatic N) is 1. The minimum atomic E-state index is -1.41. The number of hydroxylamine groups is 2. The average molecular weight is 975 g/mol. The molecule has 4 aromatic carbocycles. The third-order valence-corrected chi connectivity index (χ3v) is 11.3. The number of furan rings is 1. The Morgan fingerprint density at radius 1 is 0.746 bits per heavy atom. The molecular weight excluding hydrogens is 917 g/mol. The number of carbonyl (C=O) groups excluding carboxylic acids is 7. The van der Waals surface area contributed by atoms with Gasteiger partial charge in [0.2, 0.25) is 12.3 Å². The fourth-order valence-corrected chi connectivity index (χ4v) is 7.65. The largest absolute Gasteiger partial charge is 0.493 e. The van der Waals surface area contributed by atoms with E-state index in [1.165, 1.54) is 30.3 Å². The molecule has 1 aliphatic rings. The lowest BCUT2D eigenvalue weighted by Gasteiger charge is -2.32. The second-order valence-electron chi connectivity index (χ2n) is 16.3. The van der Waals surface area contributed by atoms with E-state index in [1.54, 1.807) is 80.6 Å². The van der Waals surface area contributed by atoms with Crippen LogP contribution in [0.1, 0.15) is 102 Å². The summed E-state index contributed by atoms with van der Waals surface area (Å²) in [5.41, 5.74) is 2.06. The van der Waals surface area contributed by atoms with Crippen molar-refractivity contribution >= 4 is 42.0 Å². The first-order valence-corrected chi connectivity index (χ1v) is 23.5. The molecule has 374 valence electrons. The summed E-state index contributed by atoms with van der Waals surface area (Å²) in [4.78, 5) is 98.3. The zero-order chi connectivity index (χ0) is 50.5. The maximum absolute atomic E-state index is 13.8. The van der Waals surface area contributed by atoms with Crippen molar-refractivity contribution in [3.63, 3.8) is 0 Å². The summed E-state index contributed by atoms with van der Waals surface area (Å²) in [6.45, 7) is 5.95. The topological polar surface area (TPSA) is 227 Å². The summed E-state index contributed by atoms with van der Waals surface area (Å²) >= 11 is 0. The molecule has 6 rings (SSSR count). The van der Waals surface area contributed by atoms with Crippen LogP contribution in [0.2, 0.25) is 0 Å². The Labute approximate surface area is 411 Å². The summed E-state index contributed by atoms with van der Waals surface area (Å²) in [7, 11) is 0. The Hall–Kier alpha value is -8.15. The summed E-state index contributed by atoms with van der Waals surface area (Å²) in [5, 5.41) is 8.83. The van der Waals surface area contributed by atoms with Crippen LogP contribution in [0.3, 0.4) is 0 Å². The molecule has 0 fully saturated rings. The van der Waals surface area contributed by atoms with Gasteiger partial charge in [0.1, 0.15) is 44.0 Å². The second kappa shape index (κ2) is 26.6. The molecule has 5 aromatic rings. The molecule has 71 heavy (non-hydrogen) atoms. The maximum Gasteiger partial charge on any atom is 0.363 e. The van der Waals surface area contributed by atoms with Gasteiger partial charge in [-0.3, -0.25) is 24.0 Å². The number of amides is 4. The predicted octanol–water partition coefficient (Wildman–Crippen LogP) is 7.10. The van der Waals surface area contributed by atoms with Gasteiger partial charge in [-0.2, -0.15) is 5.06 Å². The van der Waals surface area contributed by atoms with E-state index in [2.05, 4.69) is 16.0 Å². The first kappa shape index (κ1) is 52.2. The van der Waals surface area contributed by atoms with Crippen molar-refractivity contribution in [3.8, 4) is 28.6 Å². The summed E-state index contributed by atoms with van der Waals surface area (Å²) in [5.74, 6) is -3.91. The molecule has 0 bridgehead atoms. The first-order chi connectivity index (χ1) is 34.5. The molecule has 4 amide bonds. The van der Waals surface area contributed by atoms with E-state index < -0.39 is 60.1 Å². The van der Waals surface area contributed by atoms with Crippen LogP contribution in [-0.2, 0) is 46.7 Å². The SMILES string of the molecule is CCCCC[C@@H](C(=O)NCNC(=O)c1ccc(-c2ccc(C(=O)NC(CC(=O)OCc3ccccc3)C(=O)OCc3ccccc3)c(OCC)c2)o1)[C@@H](CC)N(C=O)OC(=O)c1ccc2c(c1)OCCO2. The van der Waals surface area contributed by atoms with Gasteiger partial charge in [0, 0.05) is 5.56 Å². The molecular formula is C53H58N4O14. The quantitative estimate of drug-likeness (QED) is 0.0165. The average Bonchev–Trinajstić information content (AvgIpc) is 3.90. The molecule has 3 atom stereocenters. The van der Waals surface area contributed by atoms with E-state index >= 15 is 0 Å². The van der Waals surface area contributed by atoms with Crippen LogP contribution in [-0.4, -0.2) is 85.7 Å². The van der Waals surface area contributed by atoms with Crippen molar-refractivity contribution in [1.29, 1.82) is 0 Å². The highest BCUT2D eigenvalue weighted by atomic mass is 16.7. The normalized spacial score (nSPS) is 12.8. The lowest BCUT2D eigenvalue weighted by molar-refractivity contribution is -0.171. The molecule has 0 saturated carbocycles. The highest BCUT2D eigenvalue weighted by molar-refractivity contribution is 6.00. The van der Waals surface area contributed by atoms with E-state index in [1.807, 2.05) is 19.1 Å². The number of benzene rings is 4. The van der Waals surface area contributed by atoms with Crippen LogP contribution < -0.4 is 30.2 Å². The molecule has 18 nitrogen and oxygen atoms in total. The van der Waals surface area contributed by atoms with Crippen LogP contribution >= 0.6 is 0 Å². The van der Waals surface area contributed by atoms with Gasteiger partial charge in [-0.05, 0) is 73.4 Å². The van der Waals surface area contributed by atoms with Gasteiger partial charge in [-0.25, -0.2) is 9.59 Å². The van der Waals surface area contributed by atoms with E-state index in [9.17, 15) is 33.6 Å². The van der Waals surface area contributed by atoms with Crippen LogP contribution in [0.15, 0.2) is 114 Å². The number of rotatable bonds is 26. The van der Waals surface area contributed by atoms with Crippen LogP contribution in [0.4, 0.5) is 0 Å². The van der Waals surface area contributed by atoms with E-state index in [0.29, 0.717) is 55.1 Å². The molecule has 2 heterocycles. The van der Waals surface area contributed by atoms with E-state index in [0.717, 1.165) is 23.5 Å². The minimum Gasteiger partial charge on any atom is -0.493 e. The zero-order valence-corrected chi connectivity index (χ0v) is 39.8. The van der Waals surface area contributed by atoms with Gasteiger partial charge in [0.05, 0.1) is 42.8 Å². The lowest BCUT2D eigenvalue weighted by Crippen LogP contribution is -2.49. The number of unbranched alkanes of at least 4 members (excludes halogenated alkanes) is 2. The highest BCUT2D eigenvalue weighted by Gasteiger charge is 2.34. The molecule has 0 saturated heterocycles.